The second kappa shape index (κ2) is 5.82. The van der Waals surface area contributed by atoms with Gasteiger partial charge in [-0.15, -0.1) is 0 Å². The normalized spacial score (nSPS) is 13.0. The Labute approximate surface area is 125 Å². The Bertz CT molecular complexity index is 537. The number of carbonyl (C=O) groups excluding carboxylic acids is 1. The lowest BCUT2D eigenvalue weighted by molar-refractivity contribution is 0.0920. The molecule has 100 valence electrons. The molecule has 1 unspecified atom stereocenters. The highest BCUT2D eigenvalue weighted by atomic mass is 35.6. The summed E-state index contributed by atoms with van der Waals surface area (Å²) in [4.78, 5) is 15.9. The van der Waals surface area contributed by atoms with Crippen molar-refractivity contribution in [3.05, 3.63) is 54.6 Å². The van der Waals surface area contributed by atoms with Gasteiger partial charge in [0.15, 0.2) is 6.17 Å². The predicted octanol–water partition coefficient (Wildman–Crippen LogP) is 3.18. The van der Waals surface area contributed by atoms with E-state index in [1.54, 1.807) is 30.5 Å². The van der Waals surface area contributed by atoms with Crippen LogP contribution in [0.5, 0.6) is 0 Å². The Morgan fingerprint density at radius 2 is 1.95 bits per heavy atom. The highest BCUT2D eigenvalue weighted by Gasteiger charge is 2.35. The van der Waals surface area contributed by atoms with Crippen LogP contribution in [0.2, 0.25) is 0 Å². The lowest BCUT2D eigenvalue weighted by atomic mass is 10.2. The smallest absolute Gasteiger partial charge is 0.253 e. The van der Waals surface area contributed by atoms with E-state index in [9.17, 15) is 4.79 Å². The summed E-state index contributed by atoms with van der Waals surface area (Å²) >= 11 is 17.7. The highest BCUT2D eigenvalue weighted by molar-refractivity contribution is 6.67. The van der Waals surface area contributed by atoms with Crippen molar-refractivity contribution in [3.63, 3.8) is 0 Å². The quantitative estimate of drug-likeness (QED) is 0.884. The summed E-state index contributed by atoms with van der Waals surface area (Å²) in [5.41, 5.74) is 0.488. The monoisotopic (exact) mass is 317 g/mol. The SMILES string of the molecule is O=C(NC(n1ccnc1)C(Cl)(Cl)Cl)c1ccccc1. The third-order valence-electron chi connectivity index (χ3n) is 2.44. The third-order valence-corrected chi connectivity index (χ3v) is 3.06. The summed E-state index contributed by atoms with van der Waals surface area (Å²) in [7, 11) is 0. The van der Waals surface area contributed by atoms with Crippen LogP contribution in [0.1, 0.15) is 16.5 Å². The van der Waals surface area contributed by atoms with Gasteiger partial charge in [0.05, 0.1) is 6.33 Å². The van der Waals surface area contributed by atoms with Gasteiger partial charge >= 0.3 is 0 Å². The molecule has 1 amide bonds. The zero-order chi connectivity index (χ0) is 13.9. The maximum absolute atomic E-state index is 12.1. The van der Waals surface area contributed by atoms with E-state index in [4.69, 9.17) is 34.8 Å². The van der Waals surface area contributed by atoms with Crippen molar-refractivity contribution < 1.29 is 4.79 Å². The fraction of sp³-hybridized carbons (Fsp3) is 0.167. The Kier molecular flexibility index (Phi) is 4.34. The average Bonchev–Trinajstić information content (AvgIpc) is 2.88. The van der Waals surface area contributed by atoms with Gasteiger partial charge in [0.25, 0.3) is 5.91 Å². The summed E-state index contributed by atoms with van der Waals surface area (Å²) in [5, 5.41) is 2.66. The predicted molar refractivity (Wildman–Crippen MR) is 75.5 cm³/mol. The Morgan fingerprint density at radius 1 is 1.26 bits per heavy atom. The van der Waals surface area contributed by atoms with E-state index in [1.807, 2.05) is 6.07 Å². The number of alkyl halides is 3. The average molecular weight is 319 g/mol. The maximum Gasteiger partial charge on any atom is 0.253 e. The molecule has 1 aromatic carbocycles. The van der Waals surface area contributed by atoms with Gasteiger partial charge in [-0.3, -0.25) is 4.79 Å². The standard InChI is InChI=1S/C12H10Cl3N3O/c13-12(14,15)11(18-7-6-16-8-18)17-10(19)9-4-2-1-3-5-9/h1-8,11H,(H,17,19). The molecule has 0 aliphatic carbocycles. The topological polar surface area (TPSA) is 46.9 Å². The number of carbonyl (C=O) groups is 1. The van der Waals surface area contributed by atoms with Crippen molar-refractivity contribution in [2.45, 2.75) is 9.96 Å². The number of hydrogen-bond donors (Lipinski definition) is 1. The van der Waals surface area contributed by atoms with Gasteiger partial charge in [-0.05, 0) is 12.1 Å². The lowest BCUT2D eigenvalue weighted by Gasteiger charge is -2.26. The third kappa shape index (κ3) is 3.62. The van der Waals surface area contributed by atoms with E-state index in [1.165, 1.54) is 17.1 Å². The van der Waals surface area contributed by atoms with Gasteiger partial charge in [-0.25, -0.2) is 4.98 Å². The molecule has 7 heteroatoms. The molecule has 2 aromatic rings. The van der Waals surface area contributed by atoms with Gasteiger partial charge in [-0.1, -0.05) is 53.0 Å². The van der Waals surface area contributed by atoms with Gasteiger partial charge in [0.1, 0.15) is 0 Å². The Hall–Kier alpha value is -1.23. The van der Waals surface area contributed by atoms with Crippen LogP contribution in [0.3, 0.4) is 0 Å². The van der Waals surface area contributed by atoms with Crippen molar-refractivity contribution in [1.82, 2.24) is 14.9 Å². The molecule has 1 atom stereocenters. The largest absolute Gasteiger partial charge is 0.328 e. The first-order valence-corrected chi connectivity index (χ1v) is 6.52. The molecule has 0 aliphatic heterocycles. The molecule has 1 aromatic heterocycles. The van der Waals surface area contributed by atoms with E-state index >= 15 is 0 Å². The summed E-state index contributed by atoms with van der Waals surface area (Å²) in [5.74, 6) is -0.328. The van der Waals surface area contributed by atoms with Crippen LogP contribution < -0.4 is 5.32 Å². The molecule has 2 rings (SSSR count). The van der Waals surface area contributed by atoms with Crippen LogP contribution in [0.15, 0.2) is 49.1 Å². The first-order valence-electron chi connectivity index (χ1n) is 5.38. The number of hydrogen-bond acceptors (Lipinski definition) is 2. The Balaban J connectivity index is 2.21. The summed E-state index contributed by atoms with van der Waals surface area (Å²) in [6, 6.07) is 8.70. The zero-order valence-corrected chi connectivity index (χ0v) is 11.9. The second-order valence-corrected chi connectivity index (χ2v) is 6.16. The fourth-order valence-corrected chi connectivity index (χ4v) is 2.05. The van der Waals surface area contributed by atoms with Crippen LogP contribution >= 0.6 is 34.8 Å². The van der Waals surface area contributed by atoms with Crippen LogP contribution in [0.4, 0.5) is 0 Å². The van der Waals surface area contributed by atoms with Crippen LogP contribution in [-0.2, 0) is 0 Å². The Morgan fingerprint density at radius 3 is 2.47 bits per heavy atom. The molecule has 0 aliphatic rings. The number of rotatable bonds is 3. The minimum atomic E-state index is -1.69. The van der Waals surface area contributed by atoms with E-state index in [0.717, 1.165) is 0 Å². The molecule has 0 radical (unpaired) electrons. The van der Waals surface area contributed by atoms with E-state index < -0.39 is 9.96 Å². The maximum atomic E-state index is 12.1. The van der Waals surface area contributed by atoms with E-state index in [2.05, 4.69) is 10.3 Å². The number of nitrogens with zero attached hydrogens (tertiary/aromatic N) is 2. The molecule has 0 saturated carbocycles. The fourth-order valence-electron chi connectivity index (χ4n) is 1.54. The minimum absolute atomic E-state index is 0.328. The molecule has 19 heavy (non-hydrogen) atoms. The molecule has 4 nitrogen and oxygen atoms in total. The van der Waals surface area contributed by atoms with Crippen LogP contribution in [0.25, 0.3) is 0 Å². The lowest BCUT2D eigenvalue weighted by Crippen LogP contribution is -2.39. The first kappa shape index (κ1) is 14.2. The summed E-state index contributed by atoms with van der Waals surface area (Å²) in [6.45, 7) is 0. The van der Waals surface area contributed by atoms with Gasteiger partial charge in [-0.2, -0.15) is 0 Å². The van der Waals surface area contributed by atoms with Gasteiger partial charge in [0.2, 0.25) is 3.79 Å². The molecular formula is C12H10Cl3N3O. The molecule has 1 heterocycles. The molecule has 0 saturated heterocycles. The first-order chi connectivity index (χ1) is 8.98. The minimum Gasteiger partial charge on any atom is -0.328 e. The highest BCUT2D eigenvalue weighted by Crippen LogP contribution is 2.36. The van der Waals surface area contributed by atoms with Gasteiger partial charge in [0, 0.05) is 18.0 Å². The van der Waals surface area contributed by atoms with E-state index in [-0.39, 0.29) is 5.91 Å². The van der Waals surface area contributed by atoms with E-state index in [0.29, 0.717) is 5.56 Å². The number of nitrogens with one attached hydrogen (secondary N) is 1. The number of amides is 1. The van der Waals surface area contributed by atoms with Gasteiger partial charge < -0.3 is 9.88 Å². The summed E-state index contributed by atoms with van der Waals surface area (Å²) < 4.78 is -0.168. The number of aromatic nitrogens is 2. The second-order valence-electron chi connectivity index (χ2n) is 3.79. The van der Waals surface area contributed by atoms with Crippen molar-refractivity contribution in [1.29, 1.82) is 0 Å². The van der Waals surface area contributed by atoms with Crippen molar-refractivity contribution in [3.8, 4) is 0 Å². The van der Waals surface area contributed by atoms with Crippen molar-refractivity contribution >= 4 is 40.7 Å². The molecule has 1 N–H and O–H groups in total. The van der Waals surface area contributed by atoms with Crippen molar-refractivity contribution in [2.24, 2.45) is 0 Å². The molecule has 0 fully saturated rings. The van der Waals surface area contributed by atoms with Crippen molar-refractivity contribution in [2.75, 3.05) is 0 Å². The van der Waals surface area contributed by atoms with Crippen LogP contribution in [0, 0.1) is 0 Å². The molecular weight excluding hydrogens is 309 g/mol. The number of benzene rings is 1. The van der Waals surface area contributed by atoms with Crippen LogP contribution in [-0.4, -0.2) is 19.3 Å². The molecule has 0 spiro atoms. The zero-order valence-electron chi connectivity index (χ0n) is 9.63. The number of halogens is 3. The number of imidazole rings is 1. The molecule has 0 bridgehead atoms. The summed E-state index contributed by atoms with van der Waals surface area (Å²) in [6.07, 6.45) is 3.78.